The molecule has 2 rings (SSSR count). The number of hydrogen-bond acceptors (Lipinski definition) is 5. The maximum Gasteiger partial charge on any atom is 0.349 e. The number of esters is 1. The molecule has 4 nitrogen and oxygen atoms in total. The molecule has 5 heteroatoms. The third-order valence-corrected chi connectivity index (χ3v) is 3.52. The smallest absolute Gasteiger partial charge is 0.349 e. The number of ether oxygens (including phenoxy) is 2. The molecule has 21 heavy (non-hydrogen) atoms. The zero-order valence-corrected chi connectivity index (χ0v) is 12.4. The quantitative estimate of drug-likeness (QED) is 0.603. The van der Waals surface area contributed by atoms with Gasteiger partial charge in [-0.15, -0.1) is 11.3 Å². The van der Waals surface area contributed by atoms with E-state index in [0.29, 0.717) is 11.5 Å². The molecule has 2 aromatic rings. The maximum absolute atomic E-state index is 11.3. The number of aromatic nitrogens is 1. The van der Waals surface area contributed by atoms with Gasteiger partial charge in [-0.1, -0.05) is 30.9 Å². The Bertz CT molecular complexity index is 644. The summed E-state index contributed by atoms with van der Waals surface area (Å²) in [5.74, 6) is 0.435. The molecule has 0 saturated carbocycles. The number of hydrogen-bond donors (Lipinski definition) is 0. The van der Waals surface area contributed by atoms with Gasteiger partial charge in [0.05, 0.1) is 13.3 Å². The van der Waals surface area contributed by atoms with Crippen LogP contribution in [-0.2, 0) is 4.74 Å². The minimum Gasteiger partial charge on any atom is -0.490 e. The second-order valence-corrected chi connectivity index (χ2v) is 5.12. The molecule has 0 radical (unpaired) electrons. The van der Waals surface area contributed by atoms with Crippen molar-refractivity contribution < 1.29 is 14.3 Å². The summed E-state index contributed by atoms with van der Waals surface area (Å²) in [5.41, 5.74) is 1.02. The molecular weight excluding hydrogens is 286 g/mol. The van der Waals surface area contributed by atoms with E-state index in [2.05, 4.69) is 16.3 Å². The first-order valence-corrected chi connectivity index (χ1v) is 7.10. The number of nitrogens with zero attached hydrogens (tertiary/aromatic N) is 1. The average Bonchev–Trinajstić information content (AvgIpc) is 3.00. The molecule has 1 heterocycles. The van der Waals surface area contributed by atoms with Crippen LogP contribution in [0.3, 0.4) is 0 Å². The number of rotatable bonds is 6. The summed E-state index contributed by atoms with van der Waals surface area (Å²) in [6.45, 7) is 4.09. The van der Waals surface area contributed by atoms with E-state index < -0.39 is 0 Å². The van der Waals surface area contributed by atoms with Crippen LogP contribution in [0.25, 0.3) is 12.2 Å². The number of carbonyl (C=O) groups is 1. The van der Waals surface area contributed by atoms with E-state index >= 15 is 0 Å². The lowest BCUT2D eigenvalue weighted by molar-refractivity contribution is 0.0606. The molecule has 0 spiro atoms. The van der Waals surface area contributed by atoms with Gasteiger partial charge in [-0.3, -0.25) is 0 Å². The molecule has 1 aromatic heterocycles. The van der Waals surface area contributed by atoms with E-state index in [1.807, 2.05) is 36.4 Å². The van der Waals surface area contributed by atoms with Crippen LogP contribution in [0, 0.1) is 0 Å². The lowest BCUT2D eigenvalue weighted by atomic mass is 10.2. The van der Waals surface area contributed by atoms with Crippen LogP contribution in [0.15, 0.2) is 43.1 Å². The van der Waals surface area contributed by atoms with E-state index in [-0.39, 0.29) is 5.97 Å². The highest BCUT2D eigenvalue weighted by Crippen LogP contribution is 2.18. The van der Waals surface area contributed by atoms with Gasteiger partial charge < -0.3 is 9.47 Å². The second kappa shape index (κ2) is 7.40. The largest absolute Gasteiger partial charge is 0.490 e. The van der Waals surface area contributed by atoms with Gasteiger partial charge >= 0.3 is 5.97 Å². The molecular formula is C16H15NO3S. The lowest BCUT2D eigenvalue weighted by Gasteiger charge is -2.02. The predicted octanol–water partition coefficient (Wildman–Crippen LogP) is 3.66. The Labute approximate surface area is 127 Å². The Hall–Kier alpha value is -2.40. The molecule has 0 aliphatic heterocycles. The van der Waals surface area contributed by atoms with Crippen molar-refractivity contribution in [1.82, 2.24) is 4.98 Å². The first kappa shape index (κ1) is 15.0. The zero-order chi connectivity index (χ0) is 15.1. The predicted molar refractivity (Wildman–Crippen MR) is 84.5 cm³/mol. The average molecular weight is 301 g/mol. The molecule has 1 aromatic carbocycles. The van der Waals surface area contributed by atoms with Gasteiger partial charge in [0.1, 0.15) is 22.2 Å². The maximum atomic E-state index is 11.3. The van der Waals surface area contributed by atoms with Crippen molar-refractivity contribution in [2.24, 2.45) is 0 Å². The summed E-state index contributed by atoms with van der Waals surface area (Å²) in [6, 6.07) is 7.68. The first-order chi connectivity index (χ1) is 10.2. The van der Waals surface area contributed by atoms with Gasteiger partial charge in [-0.25, -0.2) is 9.78 Å². The molecule has 0 atom stereocenters. The molecule has 0 saturated heterocycles. The molecule has 0 aliphatic rings. The number of thiazole rings is 1. The minimum absolute atomic E-state index is 0.365. The monoisotopic (exact) mass is 301 g/mol. The minimum atomic E-state index is -0.365. The summed E-state index contributed by atoms with van der Waals surface area (Å²) in [6.07, 6.45) is 7.01. The number of benzene rings is 1. The third kappa shape index (κ3) is 4.29. The molecule has 108 valence electrons. The normalized spacial score (nSPS) is 10.5. The number of carbonyl (C=O) groups excluding carboxylic acids is 1. The Kier molecular flexibility index (Phi) is 5.29. The molecule has 0 aliphatic carbocycles. The van der Waals surface area contributed by atoms with Gasteiger partial charge in [-0.2, -0.15) is 0 Å². The summed E-state index contributed by atoms with van der Waals surface area (Å²) < 4.78 is 10.1. The molecule has 0 unspecified atom stereocenters. The van der Waals surface area contributed by atoms with Crippen LogP contribution < -0.4 is 4.74 Å². The van der Waals surface area contributed by atoms with E-state index in [1.165, 1.54) is 24.6 Å². The Morgan fingerprint density at radius 1 is 1.33 bits per heavy atom. The van der Waals surface area contributed by atoms with E-state index in [4.69, 9.17) is 4.74 Å². The Morgan fingerprint density at radius 2 is 2.10 bits per heavy atom. The van der Waals surface area contributed by atoms with Crippen LogP contribution in [0.2, 0.25) is 0 Å². The van der Waals surface area contributed by atoms with Crippen molar-refractivity contribution in [2.75, 3.05) is 13.7 Å². The van der Waals surface area contributed by atoms with Crippen LogP contribution >= 0.6 is 11.3 Å². The SMILES string of the molecule is C=CCOc1ccc(/C=C/c2ncc(C(=O)OC)s2)cc1. The zero-order valence-electron chi connectivity index (χ0n) is 11.6. The fourth-order valence-electron chi connectivity index (χ4n) is 1.56. The number of methoxy groups -OCH3 is 1. The van der Waals surface area contributed by atoms with Crippen molar-refractivity contribution in [3.8, 4) is 5.75 Å². The van der Waals surface area contributed by atoms with E-state index in [9.17, 15) is 4.79 Å². The van der Waals surface area contributed by atoms with Crippen molar-refractivity contribution in [3.63, 3.8) is 0 Å². The van der Waals surface area contributed by atoms with Crippen LogP contribution in [0.4, 0.5) is 0 Å². The van der Waals surface area contributed by atoms with E-state index in [0.717, 1.165) is 16.3 Å². The Balaban J connectivity index is 2.01. The highest BCUT2D eigenvalue weighted by atomic mass is 32.1. The second-order valence-electron chi connectivity index (χ2n) is 4.06. The summed E-state index contributed by atoms with van der Waals surface area (Å²) in [7, 11) is 1.35. The van der Waals surface area contributed by atoms with Crippen molar-refractivity contribution in [3.05, 3.63) is 58.6 Å². The van der Waals surface area contributed by atoms with E-state index in [1.54, 1.807) is 6.08 Å². The van der Waals surface area contributed by atoms with Gasteiger partial charge in [0.2, 0.25) is 0 Å². The molecule has 0 fully saturated rings. The van der Waals surface area contributed by atoms with Crippen molar-refractivity contribution in [1.29, 1.82) is 0 Å². The third-order valence-electron chi connectivity index (χ3n) is 2.58. The van der Waals surface area contributed by atoms with Crippen molar-refractivity contribution >= 4 is 29.5 Å². The standard InChI is InChI=1S/C16H15NO3S/c1-3-10-20-13-7-4-12(5-8-13)6-9-15-17-11-14(21-15)16(18)19-2/h3-9,11H,1,10H2,2H3/b9-6+. The van der Waals surface area contributed by atoms with Crippen LogP contribution in [0.5, 0.6) is 5.75 Å². The highest BCUT2D eigenvalue weighted by molar-refractivity contribution is 7.14. The molecule has 0 amide bonds. The fourth-order valence-corrected chi connectivity index (χ4v) is 2.30. The van der Waals surface area contributed by atoms with Gasteiger partial charge in [0, 0.05) is 0 Å². The topological polar surface area (TPSA) is 48.4 Å². The van der Waals surface area contributed by atoms with Gasteiger partial charge in [-0.05, 0) is 23.8 Å². The summed E-state index contributed by atoms with van der Waals surface area (Å²) in [5, 5.41) is 0.752. The Morgan fingerprint density at radius 3 is 2.76 bits per heavy atom. The summed E-state index contributed by atoms with van der Waals surface area (Å²) >= 11 is 1.29. The molecule has 0 N–H and O–H groups in total. The van der Waals surface area contributed by atoms with Gasteiger partial charge in [0.15, 0.2) is 0 Å². The van der Waals surface area contributed by atoms with Crippen molar-refractivity contribution in [2.45, 2.75) is 0 Å². The summed E-state index contributed by atoms with van der Waals surface area (Å²) in [4.78, 5) is 16.0. The first-order valence-electron chi connectivity index (χ1n) is 6.29. The van der Waals surface area contributed by atoms with Crippen LogP contribution in [0.1, 0.15) is 20.2 Å². The van der Waals surface area contributed by atoms with Gasteiger partial charge in [0.25, 0.3) is 0 Å². The fraction of sp³-hybridized carbons (Fsp3) is 0.125. The highest BCUT2D eigenvalue weighted by Gasteiger charge is 2.08. The van der Waals surface area contributed by atoms with Crippen LogP contribution in [-0.4, -0.2) is 24.7 Å². The lowest BCUT2D eigenvalue weighted by Crippen LogP contribution is -1.96. The molecule has 0 bridgehead atoms.